The molecule has 1 aliphatic rings. The predicted molar refractivity (Wildman–Crippen MR) is 109 cm³/mol. The largest absolute Gasteiger partial charge is 0.390 e. The van der Waals surface area contributed by atoms with Crippen LogP contribution < -0.4 is 5.32 Å². The van der Waals surface area contributed by atoms with Gasteiger partial charge in [-0.3, -0.25) is 9.69 Å². The molecule has 6 heteroatoms. The Morgan fingerprint density at radius 3 is 2.96 bits per heavy atom. The molecule has 0 radical (unpaired) electrons. The number of fused-ring (bicyclic) bond motifs is 2. The van der Waals surface area contributed by atoms with Gasteiger partial charge in [-0.15, -0.1) is 0 Å². The van der Waals surface area contributed by atoms with Crippen molar-refractivity contribution in [2.45, 2.75) is 31.9 Å². The molecule has 3 heterocycles. The van der Waals surface area contributed by atoms with Gasteiger partial charge < -0.3 is 15.4 Å². The number of hydrogen-bond acceptors (Lipinski definition) is 4. The van der Waals surface area contributed by atoms with Gasteiger partial charge in [-0.25, -0.2) is 4.98 Å². The fraction of sp³-hybridized carbons (Fsp3) is 0.364. The van der Waals surface area contributed by atoms with Crippen molar-refractivity contribution in [3.05, 3.63) is 65.5 Å². The third-order valence-electron chi connectivity index (χ3n) is 5.28. The number of aryl methyl sites for hydroxylation is 1. The first-order chi connectivity index (χ1) is 13.7. The second kappa shape index (κ2) is 8.54. The Morgan fingerprint density at radius 2 is 2.11 bits per heavy atom. The van der Waals surface area contributed by atoms with E-state index in [4.69, 9.17) is 0 Å². The van der Waals surface area contributed by atoms with Crippen molar-refractivity contribution in [2.75, 3.05) is 19.6 Å². The molecule has 28 heavy (non-hydrogen) atoms. The Bertz CT molecular complexity index is 919. The second-order valence-corrected chi connectivity index (χ2v) is 7.45. The van der Waals surface area contributed by atoms with Gasteiger partial charge in [0.25, 0.3) is 0 Å². The highest BCUT2D eigenvalue weighted by molar-refractivity contribution is 5.78. The van der Waals surface area contributed by atoms with E-state index in [1.807, 2.05) is 18.2 Å². The Balaban J connectivity index is 1.19. The van der Waals surface area contributed by atoms with E-state index in [0.29, 0.717) is 19.4 Å². The van der Waals surface area contributed by atoms with Crippen molar-refractivity contribution in [1.29, 1.82) is 0 Å². The van der Waals surface area contributed by atoms with Gasteiger partial charge in [0.05, 0.1) is 6.10 Å². The maximum absolute atomic E-state index is 12.1. The molecular formula is C22H26N4O2. The number of benzene rings is 1. The quantitative estimate of drug-likeness (QED) is 0.588. The van der Waals surface area contributed by atoms with Crippen LogP contribution in [0.25, 0.3) is 11.0 Å². The first kappa shape index (κ1) is 18.7. The number of nitrogens with one attached hydrogen (secondary N) is 2. The summed E-state index contributed by atoms with van der Waals surface area (Å²) < 4.78 is 0. The number of aromatic nitrogens is 2. The molecule has 0 saturated carbocycles. The maximum atomic E-state index is 12.1. The normalized spacial score (nSPS) is 15.3. The average Bonchev–Trinajstić information content (AvgIpc) is 3.14. The molecule has 0 unspecified atom stereocenters. The van der Waals surface area contributed by atoms with E-state index >= 15 is 0 Å². The van der Waals surface area contributed by atoms with Crippen molar-refractivity contribution in [2.24, 2.45) is 0 Å². The molecule has 6 nitrogen and oxygen atoms in total. The van der Waals surface area contributed by atoms with Crippen molar-refractivity contribution < 1.29 is 9.90 Å². The molecule has 0 saturated heterocycles. The van der Waals surface area contributed by atoms with Crippen LogP contribution in [0, 0.1) is 0 Å². The predicted octanol–water partition coefficient (Wildman–Crippen LogP) is 2.03. The summed E-state index contributed by atoms with van der Waals surface area (Å²) in [4.78, 5) is 21.9. The zero-order valence-corrected chi connectivity index (χ0v) is 15.9. The topological polar surface area (TPSA) is 81.2 Å². The van der Waals surface area contributed by atoms with Crippen LogP contribution in [0.4, 0.5) is 0 Å². The Hall–Kier alpha value is -2.70. The average molecular weight is 378 g/mol. The molecule has 3 aromatic rings. The Labute approximate surface area is 164 Å². The van der Waals surface area contributed by atoms with Gasteiger partial charge in [0, 0.05) is 49.9 Å². The minimum atomic E-state index is -0.563. The van der Waals surface area contributed by atoms with Gasteiger partial charge in [-0.05, 0) is 42.2 Å². The summed E-state index contributed by atoms with van der Waals surface area (Å²) in [5.74, 6) is -0.0466. The van der Waals surface area contributed by atoms with E-state index < -0.39 is 6.10 Å². The number of aliphatic hydroxyl groups excluding tert-OH is 1. The molecule has 1 aliphatic heterocycles. The lowest BCUT2D eigenvalue weighted by molar-refractivity contribution is -0.121. The first-order valence-corrected chi connectivity index (χ1v) is 9.84. The molecular weight excluding hydrogens is 352 g/mol. The van der Waals surface area contributed by atoms with Gasteiger partial charge in [0.1, 0.15) is 5.65 Å². The molecule has 1 aromatic carbocycles. The highest BCUT2D eigenvalue weighted by atomic mass is 16.3. The van der Waals surface area contributed by atoms with Gasteiger partial charge in [-0.1, -0.05) is 24.3 Å². The monoisotopic (exact) mass is 378 g/mol. The number of aliphatic hydroxyl groups is 1. The van der Waals surface area contributed by atoms with Crippen molar-refractivity contribution in [1.82, 2.24) is 20.2 Å². The molecule has 146 valence electrons. The van der Waals surface area contributed by atoms with Crippen molar-refractivity contribution in [3.8, 4) is 0 Å². The molecule has 3 N–H and O–H groups in total. The number of nitrogens with zero attached hydrogens (tertiary/aromatic N) is 2. The maximum Gasteiger partial charge on any atom is 0.220 e. The van der Waals surface area contributed by atoms with E-state index in [-0.39, 0.29) is 12.5 Å². The van der Waals surface area contributed by atoms with Gasteiger partial charge >= 0.3 is 0 Å². The molecule has 1 amide bonds. The lowest BCUT2D eigenvalue weighted by atomic mass is 10.00. The van der Waals surface area contributed by atoms with E-state index in [1.165, 1.54) is 11.1 Å². The van der Waals surface area contributed by atoms with Crippen LogP contribution >= 0.6 is 0 Å². The fourth-order valence-corrected chi connectivity index (χ4v) is 3.79. The summed E-state index contributed by atoms with van der Waals surface area (Å²) in [5.41, 5.74) is 4.57. The lowest BCUT2D eigenvalue weighted by Gasteiger charge is -2.30. The van der Waals surface area contributed by atoms with Crippen LogP contribution in [0.2, 0.25) is 0 Å². The molecule has 0 bridgehead atoms. The van der Waals surface area contributed by atoms with E-state index in [1.54, 1.807) is 6.20 Å². The number of carbonyl (C=O) groups excluding carboxylic acids is 1. The third-order valence-corrected chi connectivity index (χ3v) is 5.28. The number of amides is 1. The number of rotatable bonds is 7. The van der Waals surface area contributed by atoms with E-state index in [9.17, 15) is 9.90 Å². The van der Waals surface area contributed by atoms with Gasteiger partial charge in [0.2, 0.25) is 5.91 Å². The van der Waals surface area contributed by atoms with Crippen LogP contribution in [0.15, 0.2) is 48.7 Å². The Morgan fingerprint density at radius 1 is 1.25 bits per heavy atom. The zero-order chi connectivity index (χ0) is 19.3. The summed E-state index contributed by atoms with van der Waals surface area (Å²) in [7, 11) is 0. The number of hydrogen-bond donors (Lipinski definition) is 3. The van der Waals surface area contributed by atoms with Crippen LogP contribution in [-0.2, 0) is 24.2 Å². The van der Waals surface area contributed by atoms with Crippen LogP contribution in [0.1, 0.15) is 23.2 Å². The van der Waals surface area contributed by atoms with E-state index in [0.717, 1.165) is 36.2 Å². The molecule has 0 spiro atoms. The smallest absolute Gasteiger partial charge is 0.220 e. The molecule has 4 rings (SSSR count). The van der Waals surface area contributed by atoms with Crippen molar-refractivity contribution in [3.63, 3.8) is 0 Å². The second-order valence-electron chi connectivity index (χ2n) is 7.45. The summed E-state index contributed by atoms with van der Waals surface area (Å²) in [6.45, 7) is 2.65. The molecule has 0 fully saturated rings. The number of carbonyl (C=O) groups is 1. The summed E-state index contributed by atoms with van der Waals surface area (Å²) in [6.07, 6.45) is 3.20. The SMILES string of the molecule is O=C(CCc1cc2cccnc2[nH]1)NC[C@@H](O)CN1CCc2ccccc2C1. The molecule has 0 aliphatic carbocycles. The summed E-state index contributed by atoms with van der Waals surface area (Å²) in [5, 5.41) is 14.2. The summed E-state index contributed by atoms with van der Waals surface area (Å²) >= 11 is 0. The molecule has 1 atom stereocenters. The minimum absolute atomic E-state index is 0.0466. The van der Waals surface area contributed by atoms with Crippen LogP contribution in [0.3, 0.4) is 0 Å². The van der Waals surface area contributed by atoms with Gasteiger partial charge in [0.15, 0.2) is 0 Å². The number of aromatic amines is 1. The zero-order valence-electron chi connectivity index (χ0n) is 15.9. The number of H-pyrrole nitrogens is 1. The number of β-amino-alcohol motifs (C(OH)–C–C–N with tert-alkyl or cyclic N) is 1. The fourth-order valence-electron chi connectivity index (χ4n) is 3.79. The number of pyridine rings is 1. The Kier molecular flexibility index (Phi) is 5.69. The van der Waals surface area contributed by atoms with Crippen LogP contribution in [-0.4, -0.2) is 51.6 Å². The van der Waals surface area contributed by atoms with Crippen LogP contribution in [0.5, 0.6) is 0 Å². The molecule has 2 aromatic heterocycles. The summed E-state index contributed by atoms with van der Waals surface area (Å²) in [6, 6.07) is 14.4. The van der Waals surface area contributed by atoms with Crippen molar-refractivity contribution >= 4 is 16.9 Å². The highest BCUT2D eigenvalue weighted by Crippen LogP contribution is 2.18. The first-order valence-electron chi connectivity index (χ1n) is 9.84. The lowest BCUT2D eigenvalue weighted by Crippen LogP contribution is -2.42. The van der Waals surface area contributed by atoms with Gasteiger partial charge in [-0.2, -0.15) is 0 Å². The third kappa shape index (κ3) is 4.58. The highest BCUT2D eigenvalue weighted by Gasteiger charge is 2.18. The standard InChI is InChI=1S/C22H26N4O2/c27-20(15-26-11-9-16-4-1-2-5-18(16)14-26)13-24-21(28)8-7-19-12-17-6-3-10-23-22(17)25-19/h1-6,10,12,20,27H,7-9,11,13-15H2,(H,23,25)(H,24,28)/t20-/m1/s1. The minimum Gasteiger partial charge on any atom is -0.390 e. The van der Waals surface area contributed by atoms with E-state index in [2.05, 4.69) is 44.5 Å².